The monoisotopic (exact) mass is 264 g/mol. The minimum atomic E-state index is -0.479. The first-order valence-corrected chi connectivity index (χ1v) is 6.52. The molecule has 0 saturated heterocycles. The molecule has 96 valence electrons. The van der Waals surface area contributed by atoms with E-state index < -0.39 is 5.91 Å². The highest BCUT2D eigenvalue weighted by molar-refractivity contribution is 7.10. The lowest BCUT2D eigenvalue weighted by Crippen LogP contribution is -2.30. The van der Waals surface area contributed by atoms with Crippen LogP contribution < -0.4 is 11.5 Å². The maximum atomic E-state index is 11.1. The molecule has 2 aromatic rings. The number of hydrogen-bond acceptors (Lipinski definition) is 4. The molecule has 2 heterocycles. The fraction of sp³-hybridized carbons (Fsp3) is 0.333. The molecule has 0 aliphatic rings. The van der Waals surface area contributed by atoms with Crippen molar-refractivity contribution < 1.29 is 4.79 Å². The summed E-state index contributed by atoms with van der Waals surface area (Å²) in [5.74, 6) is -0.479. The Balaban J connectivity index is 2.42. The molecule has 2 aromatic heterocycles. The fourth-order valence-corrected chi connectivity index (χ4v) is 3.04. The molecule has 0 bridgehead atoms. The summed E-state index contributed by atoms with van der Waals surface area (Å²) in [5.41, 5.74) is 12.9. The molecule has 18 heavy (non-hydrogen) atoms. The van der Waals surface area contributed by atoms with Crippen LogP contribution in [0.5, 0.6) is 0 Å². The van der Waals surface area contributed by atoms with Crippen LogP contribution >= 0.6 is 11.3 Å². The van der Waals surface area contributed by atoms with Gasteiger partial charge in [0.05, 0.1) is 11.8 Å². The first-order valence-electron chi connectivity index (χ1n) is 5.64. The van der Waals surface area contributed by atoms with Gasteiger partial charge in [0.15, 0.2) is 0 Å². The van der Waals surface area contributed by atoms with Gasteiger partial charge in [0, 0.05) is 17.1 Å². The van der Waals surface area contributed by atoms with Crippen molar-refractivity contribution in [1.82, 2.24) is 9.78 Å². The topological polar surface area (TPSA) is 86.9 Å². The highest BCUT2D eigenvalue weighted by atomic mass is 32.1. The highest BCUT2D eigenvalue weighted by Crippen LogP contribution is 2.28. The van der Waals surface area contributed by atoms with Crippen molar-refractivity contribution in [3.05, 3.63) is 39.8 Å². The van der Waals surface area contributed by atoms with Gasteiger partial charge in [-0.25, -0.2) is 0 Å². The van der Waals surface area contributed by atoms with E-state index in [4.69, 9.17) is 11.5 Å². The van der Waals surface area contributed by atoms with Gasteiger partial charge < -0.3 is 11.5 Å². The van der Waals surface area contributed by atoms with E-state index in [1.807, 2.05) is 25.3 Å². The number of amides is 1. The Labute approximate surface area is 109 Å². The molecule has 0 aromatic carbocycles. The smallest absolute Gasteiger partial charge is 0.251 e. The van der Waals surface area contributed by atoms with Crippen LogP contribution in [0.4, 0.5) is 0 Å². The Morgan fingerprint density at radius 1 is 1.56 bits per heavy atom. The normalized spacial score (nSPS) is 14.4. The maximum absolute atomic E-state index is 11.1. The van der Waals surface area contributed by atoms with Crippen LogP contribution in [-0.2, 0) is 0 Å². The summed E-state index contributed by atoms with van der Waals surface area (Å²) >= 11 is 1.64. The van der Waals surface area contributed by atoms with Crippen LogP contribution in [0.25, 0.3) is 0 Å². The number of thiophene rings is 1. The molecule has 0 aliphatic heterocycles. The van der Waals surface area contributed by atoms with E-state index in [9.17, 15) is 4.79 Å². The maximum Gasteiger partial charge on any atom is 0.251 e. The predicted octanol–water partition coefficient (Wildman–Crippen LogP) is 1.29. The van der Waals surface area contributed by atoms with Crippen molar-refractivity contribution in [3.63, 3.8) is 0 Å². The molecule has 2 atom stereocenters. The van der Waals surface area contributed by atoms with Gasteiger partial charge in [-0.1, -0.05) is 0 Å². The van der Waals surface area contributed by atoms with E-state index >= 15 is 0 Å². The summed E-state index contributed by atoms with van der Waals surface area (Å²) in [6.07, 6.45) is 3.12. The lowest BCUT2D eigenvalue weighted by atomic mass is 10.1. The van der Waals surface area contributed by atoms with Gasteiger partial charge >= 0.3 is 0 Å². The molecule has 4 N–H and O–H groups in total. The SMILES string of the molecule is Cc1ccsc1C(C(C)N)n1cc(C(N)=O)cn1. The molecule has 0 aliphatic carbocycles. The van der Waals surface area contributed by atoms with Gasteiger partial charge in [-0.3, -0.25) is 9.48 Å². The summed E-state index contributed by atoms with van der Waals surface area (Å²) in [6.45, 7) is 3.97. The van der Waals surface area contributed by atoms with Crippen LogP contribution in [0.2, 0.25) is 0 Å². The van der Waals surface area contributed by atoms with Gasteiger partial charge in [-0.05, 0) is 30.9 Å². The zero-order chi connectivity index (χ0) is 13.3. The van der Waals surface area contributed by atoms with E-state index in [2.05, 4.69) is 5.10 Å². The van der Waals surface area contributed by atoms with Crippen LogP contribution in [-0.4, -0.2) is 21.7 Å². The molecule has 1 amide bonds. The van der Waals surface area contributed by atoms with Crippen molar-refractivity contribution in [2.45, 2.75) is 25.9 Å². The lowest BCUT2D eigenvalue weighted by Gasteiger charge is -2.21. The standard InChI is InChI=1S/C12H16N4OS/c1-7-3-4-18-11(7)10(8(2)13)16-6-9(5-15-16)12(14)17/h3-6,8,10H,13H2,1-2H3,(H2,14,17). The van der Waals surface area contributed by atoms with E-state index in [1.165, 1.54) is 11.8 Å². The molecule has 5 nitrogen and oxygen atoms in total. The van der Waals surface area contributed by atoms with E-state index in [1.54, 1.807) is 22.2 Å². The van der Waals surface area contributed by atoms with Gasteiger partial charge in [0.2, 0.25) is 0 Å². The third kappa shape index (κ3) is 2.30. The van der Waals surface area contributed by atoms with Crippen LogP contribution in [0.15, 0.2) is 23.8 Å². The largest absolute Gasteiger partial charge is 0.366 e. The van der Waals surface area contributed by atoms with Crippen LogP contribution in [0, 0.1) is 6.92 Å². The first-order chi connectivity index (χ1) is 8.50. The Morgan fingerprint density at radius 2 is 2.28 bits per heavy atom. The zero-order valence-electron chi connectivity index (χ0n) is 10.3. The minimum absolute atomic E-state index is 0.0712. The van der Waals surface area contributed by atoms with E-state index in [-0.39, 0.29) is 12.1 Å². The first kappa shape index (κ1) is 12.8. The lowest BCUT2D eigenvalue weighted by molar-refractivity contribution is 0.1000. The van der Waals surface area contributed by atoms with Crippen LogP contribution in [0.3, 0.4) is 0 Å². The Bertz CT molecular complexity index is 558. The summed E-state index contributed by atoms with van der Waals surface area (Å²) in [6, 6.07) is 1.87. The molecule has 0 fully saturated rings. The number of hydrogen-bond donors (Lipinski definition) is 2. The molecular formula is C12H16N4OS. The molecular weight excluding hydrogens is 248 g/mol. The van der Waals surface area contributed by atoms with Gasteiger partial charge in [0.25, 0.3) is 5.91 Å². The van der Waals surface area contributed by atoms with Crippen LogP contribution in [0.1, 0.15) is 33.8 Å². The van der Waals surface area contributed by atoms with Gasteiger partial charge in [-0.2, -0.15) is 5.10 Å². The highest BCUT2D eigenvalue weighted by Gasteiger charge is 2.22. The average Bonchev–Trinajstić information content (AvgIpc) is 2.89. The number of aryl methyl sites for hydroxylation is 1. The van der Waals surface area contributed by atoms with Crippen molar-refractivity contribution in [2.75, 3.05) is 0 Å². The average molecular weight is 264 g/mol. The molecule has 0 saturated carbocycles. The van der Waals surface area contributed by atoms with Crippen molar-refractivity contribution in [2.24, 2.45) is 11.5 Å². The quantitative estimate of drug-likeness (QED) is 0.872. The number of nitrogens with zero attached hydrogens (tertiary/aromatic N) is 2. The second-order valence-corrected chi connectivity index (χ2v) is 5.29. The summed E-state index contributed by atoms with van der Waals surface area (Å²) < 4.78 is 1.71. The predicted molar refractivity (Wildman–Crippen MR) is 71.6 cm³/mol. The number of rotatable bonds is 4. The number of primary amides is 1. The Kier molecular flexibility index (Phi) is 3.49. The van der Waals surface area contributed by atoms with E-state index in [0.717, 1.165) is 4.88 Å². The number of carbonyl (C=O) groups is 1. The number of aromatic nitrogens is 2. The summed E-state index contributed by atoms with van der Waals surface area (Å²) in [4.78, 5) is 12.3. The molecule has 6 heteroatoms. The molecule has 2 rings (SSSR count). The summed E-state index contributed by atoms with van der Waals surface area (Å²) in [5, 5.41) is 6.22. The molecule has 2 unspecified atom stereocenters. The van der Waals surface area contributed by atoms with Crippen molar-refractivity contribution in [1.29, 1.82) is 0 Å². The third-order valence-corrected chi connectivity index (χ3v) is 3.93. The second-order valence-electron chi connectivity index (χ2n) is 4.35. The van der Waals surface area contributed by atoms with Crippen molar-refractivity contribution in [3.8, 4) is 0 Å². The number of carbonyl (C=O) groups excluding carboxylic acids is 1. The van der Waals surface area contributed by atoms with Crippen molar-refractivity contribution >= 4 is 17.2 Å². The fourth-order valence-electron chi connectivity index (χ4n) is 1.90. The molecule has 0 spiro atoms. The summed E-state index contributed by atoms with van der Waals surface area (Å²) in [7, 11) is 0. The second kappa shape index (κ2) is 4.91. The Morgan fingerprint density at radius 3 is 2.72 bits per heavy atom. The third-order valence-electron chi connectivity index (χ3n) is 2.84. The minimum Gasteiger partial charge on any atom is -0.366 e. The zero-order valence-corrected chi connectivity index (χ0v) is 11.1. The van der Waals surface area contributed by atoms with E-state index in [0.29, 0.717) is 5.56 Å². The van der Waals surface area contributed by atoms with Gasteiger partial charge in [-0.15, -0.1) is 11.3 Å². The Hall–Kier alpha value is -1.66. The number of nitrogens with two attached hydrogens (primary N) is 2. The van der Waals surface area contributed by atoms with Gasteiger partial charge in [0.1, 0.15) is 6.04 Å². The molecule has 0 radical (unpaired) electrons.